The number of carbonyl (C=O) groups excluding carboxylic acids is 1. The Hall–Kier alpha value is -3.39. The number of ketones is 1. The quantitative estimate of drug-likeness (QED) is 0.653. The summed E-state index contributed by atoms with van der Waals surface area (Å²) in [5.74, 6) is -0.139. The molecule has 0 saturated heterocycles. The van der Waals surface area contributed by atoms with Crippen LogP contribution in [0.4, 0.5) is 0 Å². The molecule has 1 atom stereocenters. The van der Waals surface area contributed by atoms with Gasteiger partial charge in [-0.1, -0.05) is 30.3 Å². The van der Waals surface area contributed by atoms with Gasteiger partial charge in [0.15, 0.2) is 5.78 Å². The summed E-state index contributed by atoms with van der Waals surface area (Å²) in [6.07, 6.45) is 1.44. The van der Waals surface area contributed by atoms with Crippen molar-refractivity contribution in [3.05, 3.63) is 93.2 Å². The zero-order chi connectivity index (χ0) is 19.6. The first kappa shape index (κ1) is 18.4. The van der Waals surface area contributed by atoms with E-state index in [9.17, 15) is 9.59 Å². The predicted molar refractivity (Wildman–Crippen MR) is 104 cm³/mol. The molecule has 3 rings (SSSR count). The molecule has 0 saturated carbocycles. The van der Waals surface area contributed by atoms with E-state index in [0.29, 0.717) is 17.7 Å². The summed E-state index contributed by atoms with van der Waals surface area (Å²) in [6, 6.07) is 16.0. The van der Waals surface area contributed by atoms with Crippen LogP contribution in [0, 0.1) is 25.2 Å². The fraction of sp³-hybridized carbons (Fsp3) is 0.227. The second-order valence-corrected chi connectivity index (χ2v) is 6.67. The van der Waals surface area contributed by atoms with Crippen molar-refractivity contribution >= 4 is 5.78 Å². The van der Waals surface area contributed by atoms with E-state index < -0.39 is 6.04 Å². The number of benzene rings is 1. The van der Waals surface area contributed by atoms with Crippen LogP contribution in [0.1, 0.15) is 45.8 Å². The lowest BCUT2D eigenvalue weighted by Gasteiger charge is -2.15. The van der Waals surface area contributed by atoms with Crippen molar-refractivity contribution in [1.29, 1.82) is 5.26 Å². The number of Topliss-reactive ketones (excluding diaryl/α,β-unsaturated/α-hetero) is 1. The molecular weight excluding hydrogens is 338 g/mol. The number of carbonyl (C=O) groups is 1. The minimum Gasteiger partial charge on any atom is -0.344 e. The molecule has 0 N–H and O–H groups in total. The van der Waals surface area contributed by atoms with Crippen LogP contribution in [-0.2, 0) is 6.54 Å². The Morgan fingerprint density at radius 1 is 1.15 bits per heavy atom. The molecule has 0 aliphatic rings. The van der Waals surface area contributed by atoms with E-state index in [-0.39, 0.29) is 11.3 Å². The van der Waals surface area contributed by atoms with Crippen molar-refractivity contribution in [2.24, 2.45) is 0 Å². The lowest BCUT2D eigenvalue weighted by molar-refractivity contribution is 0.0932. The summed E-state index contributed by atoms with van der Waals surface area (Å²) < 4.78 is 3.42. The summed E-state index contributed by atoms with van der Waals surface area (Å²) in [6.45, 7) is 6.27. The van der Waals surface area contributed by atoms with Crippen LogP contribution in [0.2, 0.25) is 0 Å². The van der Waals surface area contributed by atoms with Crippen molar-refractivity contribution in [3.63, 3.8) is 0 Å². The molecule has 5 heteroatoms. The molecule has 1 aromatic carbocycles. The molecule has 0 spiro atoms. The fourth-order valence-electron chi connectivity index (χ4n) is 3.28. The monoisotopic (exact) mass is 359 g/mol. The van der Waals surface area contributed by atoms with Gasteiger partial charge in [-0.25, -0.2) is 0 Å². The second-order valence-electron chi connectivity index (χ2n) is 6.67. The number of rotatable bonds is 5. The molecule has 0 aliphatic carbocycles. The van der Waals surface area contributed by atoms with E-state index >= 15 is 0 Å². The van der Waals surface area contributed by atoms with Gasteiger partial charge < -0.3 is 9.13 Å². The van der Waals surface area contributed by atoms with Crippen molar-refractivity contribution in [2.75, 3.05) is 0 Å². The highest BCUT2D eigenvalue weighted by Gasteiger charge is 2.23. The Morgan fingerprint density at radius 3 is 2.52 bits per heavy atom. The summed E-state index contributed by atoms with van der Waals surface area (Å²) in [5, 5.41) is 9.06. The number of aryl methyl sites for hydroxylation is 1. The molecule has 27 heavy (non-hydrogen) atoms. The lowest BCUT2D eigenvalue weighted by atomic mass is 10.1. The van der Waals surface area contributed by atoms with Gasteiger partial charge in [0.25, 0.3) is 5.56 Å². The van der Waals surface area contributed by atoms with Gasteiger partial charge in [-0.3, -0.25) is 9.59 Å². The molecule has 5 nitrogen and oxygen atoms in total. The molecule has 3 aromatic rings. The second kappa shape index (κ2) is 7.46. The third kappa shape index (κ3) is 3.61. The minimum atomic E-state index is -0.684. The average molecular weight is 359 g/mol. The summed E-state index contributed by atoms with van der Waals surface area (Å²) in [7, 11) is 0. The van der Waals surface area contributed by atoms with Gasteiger partial charge in [0.1, 0.15) is 6.07 Å². The van der Waals surface area contributed by atoms with Crippen molar-refractivity contribution in [1.82, 2.24) is 9.13 Å². The first-order chi connectivity index (χ1) is 12.9. The first-order valence-electron chi connectivity index (χ1n) is 8.79. The van der Waals surface area contributed by atoms with Gasteiger partial charge in [-0.15, -0.1) is 0 Å². The van der Waals surface area contributed by atoms with Crippen LogP contribution in [0.3, 0.4) is 0 Å². The van der Waals surface area contributed by atoms with Crippen LogP contribution in [0.5, 0.6) is 0 Å². The molecule has 0 fully saturated rings. The highest BCUT2D eigenvalue weighted by atomic mass is 16.1. The van der Waals surface area contributed by atoms with E-state index in [4.69, 9.17) is 5.26 Å². The lowest BCUT2D eigenvalue weighted by Crippen LogP contribution is -2.27. The summed E-state index contributed by atoms with van der Waals surface area (Å²) >= 11 is 0. The summed E-state index contributed by atoms with van der Waals surface area (Å²) in [4.78, 5) is 25.2. The zero-order valence-corrected chi connectivity index (χ0v) is 15.6. The molecule has 136 valence electrons. The standard InChI is InChI=1S/C22H21N3O2/c1-15-11-20(16(2)24(15)13-18-7-5-4-6-8-18)22(27)17(3)25-14-19(12-23)9-10-21(25)26/h4-11,14,17H,13H2,1-3H3. The van der Waals surface area contributed by atoms with E-state index in [1.54, 1.807) is 6.92 Å². The molecule has 1 unspecified atom stereocenters. The van der Waals surface area contributed by atoms with Gasteiger partial charge >= 0.3 is 0 Å². The van der Waals surface area contributed by atoms with Crippen LogP contribution in [-0.4, -0.2) is 14.9 Å². The number of hydrogen-bond donors (Lipinski definition) is 0. The maximum absolute atomic E-state index is 13.1. The Morgan fingerprint density at radius 2 is 1.85 bits per heavy atom. The van der Waals surface area contributed by atoms with Gasteiger partial charge in [0, 0.05) is 35.8 Å². The van der Waals surface area contributed by atoms with Crippen molar-refractivity contribution in [2.45, 2.75) is 33.4 Å². The van der Waals surface area contributed by atoms with Crippen LogP contribution >= 0.6 is 0 Å². The maximum atomic E-state index is 13.1. The Kier molecular flexibility index (Phi) is 5.09. The number of nitriles is 1. The number of aromatic nitrogens is 2. The van der Waals surface area contributed by atoms with E-state index in [1.807, 2.05) is 44.2 Å². The van der Waals surface area contributed by atoms with E-state index in [1.165, 1.54) is 22.9 Å². The van der Waals surface area contributed by atoms with Crippen LogP contribution in [0.25, 0.3) is 0 Å². The minimum absolute atomic E-state index is 0.139. The molecule has 2 heterocycles. The number of nitrogens with zero attached hydrogens (tertiary/aromatic N) is 3. The average Bonchev–Trinajstić information content (AvgIpc) is 2.96. The highest BCUT2D eigenvalue weighted by Crippen LogP contribution is 2.22. The molecule has 0 bridgehead atoms. The third-order valence-corrected chi connectivity index (χ3v) is 4.89. The van der Waals surface area contributed by atoms with Crippen LogP contribution in [0.15, 0.2) is 59.5 Å². The Bertz CT molecular complexity index is 1080. The predicted octanol–water partition coefficient (Wildman–Crippen LogP) is 3.63. The maximum Gasteiger partial charge on any atom is 0.251 e. The first-order valence-corrected chi connectivity index (χ1v) is 8.79. The largest absolute Gasteiger partial charge is 0.344 e. The van der Waals surface area contributed by atoms with E-state index in [0.717, 1.165) is 17.0 Å². The smallest absolute Gasteiger partial charge is 0.251 e. The van der Waals surface area contributed by atoms with Crippen molar-refractivity contribution in [3.8, 4) is 6.07 Å². The Labute approximate surface area is 158 Å². The fourth-order valence-corrected chi connectivity index (χ4v) is 3.28. The van der Waals surface area contributed by atoms with Gasteiger partial charge in [0.05, 0.1) is 11.6 Å². The third-order valence-electron chi connectivity index (χ3n) is 4.89. The Balaban J connectivity index is 1.95. The topological polar surface area (TPSA) is 67.8 Å². The van der Waals surface area contributed by atoms with Gasteiger partial charge in [0.2, 0.25) is 0 Å². The zero-order valence-electron chi connectivity index (χ0n) is 15.6. The van der Waals surface area contributed by atoms with Gasteiger partial charge in [-0.2, -0.15) is 5.26 Å². The SMILES string of the molecule is Cc1cc(C(=O)C(C)n2cc(C#N)ccc2=O)c(C)n1Cc1ccccc1. The normalized spacial score (nSPS) is 11.8. The molecule has 0 amide bonds. The van der Waals surface area contributed by atoms with E-state index in [2.05, 4.69) is 16.7 Å². The number of hydrogen-bond acceptors (Lipinski definition) is 3. The van der Waals surface area contributed by atoms with Crippen LogP contribution < -0.4 is 5.56 Å². The molecular formula is C22H21N3O2. The number of pyridine rings is 1. The van der Waals surface area contributed by atoms with Crippen molar-refractivity contribution < 1.29 is 4.79 Å². The van der Waals surface area contributed by atoms with Gasteiger partial charge in [-0.05, 0) is 38.5 Å². The molecule has 2 aromatic heterocycles. The summed E-state index contributed by atoms with van der Waals surface area (Å²) in [5.41, 5.74) is 3.67. The molecule has 0 aliphatic heterocycles. The highest BCUT2D eigenvalue weighted by molar-refractivity contribution is 6.00. The molecule has 0 radical (unpaired) electrons.